The second-order valence-corrected chi connectivity index (χ2v) is 7.45. The maximum absolute atomic E-state index is 12.6. The molecule has 33 heavy (non-hydrogen) atoms. The number of hydrogen-bond acceptors (Lipinski definition) is 6. The zero-order valence-corrected chi connectivity index (χ0v) is 19.3. The van der Waals surface area contributed by atoms with Gasteiger partial charge in [-0.1, -0.05) is 24.9 Å². The minimum absolute atomic E-state index is 0.208. The number of nitrogens with one attached hydrogen (secondary N) is 2. The van der Waals surface area contributed by atoms with Crippen LogP contribution in [0.3, 0.4) is 0 Å². The molecule has 3 aromatic rings. The van der Waals surface area contributed by atoms with Crippen molar-refractivity contribution >= 4 is 29.1 Å². The van der Waals surface area contributed by atoms with Gasteiger partial charge in [0.25, 0.3) is 5.91 Å². The smallest absolute Gasteiger partial charge is 0.251 e. The molecule has 0 radical (unpaired) electrons. The lowest BCUT2D eigenvalue weighted by atomic mass is 10.2. The number of rotatable bonds is 11. The number of aromatic nitrogens is 3. The predicted molar refractivity (Wildman–Crippen MR) is 125 cm³/mol. The summed E-state index contributed by atoms with van der Waals surface area (Å²) in [6.45, 7) is 4.58. The first-order valence-corrected chi connectivity index (χ1v) is 11.0. The van der Waals surface area contributed by atoms with Crippen molar-refractivity contribution in [1.82, 2.24) is 20.1 Å². The van der Waals surface area contributed by atoms with E-state index in [4.69, 9.17) is 21.1 Å². The highest BCUT2D eigenvalue weighted by Crippen LogP contribution is 2.36. The molecule has 2 amide bonds. The normalized spacial score (nSPS) is 10.5. The van der Waals surface area contributed by atoms with Crippen molar-refractivity contribution in [3.8, 4) is 17.2 Å². The van der Waals surface area contributed by atoms with E-state index in [1.165, 1.54) is 12.4 Å². The number of carbonyl (C=O) groups is 2. The van der Waals surface area contributed by atoms with Crippen LogP contribution < -0.4 is 20.1 Å². The molecule has 0 saturated heterocycles. The summed E-state index contributed by atoms with van der Waals surface area (Å²) in [6.07, 6.45) is 4.88. The number of hydrogen-bond donors (Lipinski definition) is 2. The van der Waals surface area contributed by atoms with Crippen LogP contribution in [0.2, 0.25) is 5.02 Å². The average Bonchev–Trinajstić information content (AvgIpc) is 3.35. The van der Waals surface area contributed by atoms with Crippen molar-refractivity contribution in [2.45, 2.75) is 26.7 Å². The van der Waals surface area contributed by atoms with Gasteiger partial charge < -0.3 is 20.1 Å². The maximum Gasteiger partial charge on any atom is 0.251 e. The standard InChI is InChI=1S/C23H26ClN5O4/c1-3-5-10-33-22-19(24)11-16(12-20(22)32-4-2)23(31)26-13-21(30)28-17-6-8-18(9-7-17)29-15-25-14-27-29/h6-9,11-12,14-15H,3-5,10,13H2,1-2H3,(H,26,31)(H,28,30). The fraction of sp³-hybridized carbons (Fsp3) is 0.304. The Morgan fingerprint density at radius 1 is 1.12 bits per heavy atom. The van der Waals surface area contributed by atoms with Gasteiger partial charge in [-0.25, -0.2) is 9.67 Å². The van der Waals surface area contributed by atoms with E-state index >= 15 is 0 Å². The van der Waals surface area contributed by atoms with Crippen molar-refractivity contribution in [2.75, 3.05) is 25.1 Å². The number of anilines is 1. The zero-order chi connectivity index (χ0) is 23.6. The zero-order valence-electron chi connectivity index (χ0n) is 18.5. The van der Waals surface area contributed by atoms with Gasteiger partial charge >= 0.3 is 0 Å². The predicted octanol–water partition coefficient (Wildman–Crippen LogP) is 3.87. The van der Waals surface area contributed by atoms with Crippen LogP contribution in [0.5, 0.6) is 11.5 Å². The Morgan fingerprint density at radius 3 is 2.58 bits per heavy atom. The SMILES string of the molecule is CCCCOc1c(Cl)cc(C(=O)NCC(=O)Nc2ccc(-n3cncn3)cc2)cc1OCC. The first kappa shape index (κ1) is 24.1. The molecule has 0 bridgehead atoms. The minimum Gasteiger partial charge on any atom is -0.490 e. The first-order chi connectivity index (χ1) is 16.0. The summed E-state index contributed by atoms with van der Waals surface area (Å²) in [6, 6.07) is 10.1. The van der Waals surface area contributed by atoms with Gasteiger partial charge in [0.1, 0.15) is 12.7 Å². The number of amides is 2. The van der Waals surface area contributed by atoms with Crippen molar-refractivity contribution < 1.29 is 19.1 Å². The van der Waals surface area contributed by atoms with Crippen LogP contribution in [0.1, 0.15) is 37.0 Å². The Balaban J connectivity index is 1.58. The quantitative estimate of drug-likeness (QED) is 0.411. The highest BCUT2D eigenvalue weighted by atomic mass is 35.5. The third-order valence-electron chi connectivity index (χ3n) is 4.56. The van der Waals surface area contributed by atoms with Gasteiger partial charge in [0.15, 0.2) is 11.5 Å². The van der Waals surface area contributed by atoms with Crippen molar-refractivity contribution in [3.63, 3.8) is 0 Å². The molecular weight excluding hydrogens is 446 g/mol. The number of nitrogens with zero attached hydrogens (tertiary/aromatic N) is 3. The molecule has 0 aliphatic carbocycles. The lowest BCUT2D eigenvalue weighted by Gasteiger charge is -2.15. The van der Waals surface area contributed by atoms with Crippen LogP contribution in [-0.4, -0.2) is 46.3 Å². The molecule has 174 valence electrons. The molecule has 0 spiro atoms. The van der Waals surface area contributed by atoms with Gasteiger partial charge in [0, 0.05) is 11.3 Å². The van der Waals surface area contributed by atoms with E-state index in [9.17, 15) is 9.59 Å². The molecule has 1 aromatic heterocycles. The second-order valence-electron chi connectivity index (χ2n) is 7.04. The highest BCUT2D eigenvalue weighted by Gasteiger charge is 2.17. The second kappa shape index (κ2) is 11.9. The molecule has 10 heteroatoms. The Kier molecular flexibility index (Phi) is 8.65. The van der Waals surface area contributed by atoms with Gasteiger partial charge in [-0.15, -0.1) is 0 Å². The van der Waals surface area contributed by atoms with Gasteiger partial charge in [0.2, 0.25) is 5.91 Å². The molecule has 0 aliphatic heterocycles. The Bertz CT molecular complexity index is 1070. The van der Waals surface area contributed by atoms with Crippen LogP contribution in [0, 0.1) is 0 Å². The topological polar surface area (TPSA) is 107 Å². The summed E-state index contributed by atoms with van der Waals surface area (Å²) in [4.78, 5) is 28.8. The first-order valence-electron chi connectivity index (χ1n) is 10.6. The lowest BCUT2D eigenvalue weighted by molar-refractivity contribution is -0.115. The number of carbonyl (C=O) groups excluding carboxylic acids is 2. The maximum atomic E-state index is 12.6. The van der Waals surface area contributed by atoms with E-state index in [-0.39, 0.29) is 23.0 Å². The van der Waals surface area contributed by atoms with Crippen molar-refractivity contribution in [1.29, 1.82) is 0 Å². The molecule has 0 saturated carbocycles. The monoisotopic (exact) mass is 471 g/mol. The molecule has 1 heterocycles. The van der Waals surface area contributed by atoms with E-state index in [1.54, 1.807) is 41.3 Å². The number of unbranched alkanes of at least 4 members (excludes halogenated alkanes) is 1. The molecule has 2 aromatic carbocycles. The molecule has 0 atom stereocenters. The van der Waals surface area contributed by atoms with Gasteiger partial charge in [-0.05, 0) is 49.7 Å². The molecule has 0 unspecified atom stereocenters. The average molecular weight is 472 g/mol. The third kappa shape index (κ3) is 6.69. The number of benzene rings is 2. The summed E-state index contributed by atoms with van der Waals surface area (Å²) < 4.78 is 12.9. The largest absolute Gasteiger partial charge is 0.490 e. The number of ether oxygens (including phenoxy) is 2. The van der Waals surface area contributed by atoms with Crippen LogP contribution >= 0.6 is 11.6 Å². The summed E-state index contributed by atoms with van der Waals surface area (Å²) in [5.74, 6) is -0.0130. The molecular formula is C23H26ClN5O4. The summed E-state index contributed by atoms with van der Waals surface area (Å²) in [7, 11) is 0. The Labute approximate surface area is 197 Å². The van der Waals surface area contributed by atoms with Crippen molar-refractivity contribution in [2.24, 2.45) is 0 Å². The Morgan fingerprint density at radius 2 is 1.91 bits per heavy atom. The summed E-state index contributed by atoms with van der Waals surface area (Å²) in [5.41, 5.74) is 1.67. The lowest BCUT2D eigenvalue weighted by Crippen LogP contribution is -2.32. The van der Waals surface area contributed by atoms with Gasteiger partial charge in [-0.2, -0.15) is 5.10 Å². The van der Waals surface area contributed by atoms with E-state index in [2.05, 4.69) is 27.6 Å². The van der Waals surface area contributed by atoms with Crippen LogP contribution in [-0.2, 0) is 4.79 Å². The van der Waals surface area contributed by atoms with E-state index in [1.807, 2.05) is 6.92 Å². The molecule has 0 aliphatic rings. The van der Waals surface area contributed by atoms with Crippen LogP contribution in [0.4, 0.5) is 5.69 Å². The van der Waals surface area contributed by atoms with Gasteiger partial charge in [-0.3, -0.25) is 9.59 Å². The van der Waals surface area contributed by atoms with E-state index in [0.717, 1.165) is 18.5 Å². The van der Waals surface area contributed by atoms with E-state index < -0.39 is 5.91 Å². The summed E-state index contributed by atoms with van der Waals surface area (Å²) >= 11 is 6.34. The fourth-order valence-corrected chi connectivity index (χ4v) is 3.19. The fourth-order valence-electron chi connectivity index (χ4n) is 2.93. The van der Waals surface area contributed by atoms with Gasteiger partial charge in [0.05, 0.1) is 30.5 Å². The van der Waals surface area contributed by atoms with E-state index in [0.29, 0.717) is 30.4 Å². The Hall–Kier alpha value is -3.59. The molecule has 2 N–H and O–H groups in total. The molecule has 3 rings (SSSR count). The third-order valence-corrected chi connectivity index (χ3v) is 4.84. The van der Waals surface area contributed by atoms with Crippen molar-refractivity contribution in [3.05, 3.63) is 59.6 Å². The molecule has 9 nitrogen and oxygen atoms in total. The van der Waals surface area contributed by atoms with Crippen LogP contribution in [0.25, 0.3) is 5.69 Å². The van der Waals surface area contributed by atoms with Crippen LogP contribution in [0.15, 0.2) is 49.1 Å². The summed E-state index contributed by atoms with van der Waals surface area (Å²) in [5, 5.41) is 9.65. The highest BCUT2D eigenvalue weighted by molar-refractivity contribution is 6.32. The molecule has 0 fully saturated rings. The minimum atomic E-state index is -0.449. The number of halogens is 1.